The summed E-state index contributed by atoms with van der Waals surface area (Å²) in [6.07, 6.45) is 0. The van der Waals surface area contributed by atoms with Gasteiger partial charge in [0.15, 0.2) is 18.1 Å². The van der Waals surface area contributed by atoms with Crippen molar-refractivity contribution in [3.63, 3.8) is 0 Å². The molecule has 6 heteroatoms. The van der Waals surface area contributed by atoms with E-state index in [9.17, 15) is 4.79 Å². The Hall–Kier alpha value is -3.70. The van der Waals surface area contributed by atoms with Crippen molar-refractivity contribution in [3.05, 3.63) is 95.0 Å². The second kappa shape index (κ2) is 10.9. The van der Waals surface area contributed by atoms with E-state index >= 15 is 0 Å². The average molecular weight is 475 g/mol. The van der Waals surface area contributed by atoms with Crippen molar-refractivity contribution >= 4 is 39.7 Å². The zero-order valence-electron chi connectivity index (χ0n) is 19.2. The Kier molecular flexibility index (Phi) is 7.55. The van der Waals surface area contributed by atoms with Gasteiger partial charge in [-0.1, -0.05) is 65.7 Å². The molecule has 0 atom stereocenters. The first-order valence-electron chi connectivity index (χ1n) is 11.2. The van der Waals surface area contributed by atoms with E-state index in [0.717, 1.165) is 27.9 Å². The Bertz CT molecular complexity index is 1280. The summed E-state index contributed by atoms with van der Waals surface area (Å²) in [7, 11) is 0. The zero-order valence-corrected chi connectivity index (χ0v) is 20.0. The van der Waals surface area contributed by atoms with Gasteiger partial charge in [0.1, 0.15) is 0 Å². The number of nitrogens with one attached hydrogen (secondary N) is 2. The minimum absolute atomic E-state index is 0.155. The van der Waals surface area contributed by atoms with Gasteiger partial charge in [0.25, 0.3) is 5.91 Å². The molecule has 174 valence electrons. The van der Waals surface area contributed by atoms with Gasteiger partial charge in [0, 0.05) is 34.4 Å². The lowest BCUT2D eigenvalue weighted by atomic mass is 10.1. The standard InChI is InChI=1S/C28H27ClN2O3/c1-3-33-26-15-21(17-30-25-10-6-8-20-7-4-5-9-23(20)25)24(29)16-27(26)34-18-28(32)31-22-13-11-19(2)12-14-22/h4-16,30H,3,17-18H2,1-2H3,(H,31,32). The smallest absolute Gasteiger partial charge is 0.262 e. The van der Waals surface area contributed by atoms with E-state index < -0.39 is 0 Å². The number of aryl methyl sites for hydroxylation is 1. The number of carbonyl (C=O) groups is 1. The van der Waals surface area contributed by atoms with Gasteiger partial charge in [-0.3, -0.25) is 4.79 Å². The second-order valence-corrected chi connectivity index (χ2v) is 8.31. The van der Waals surface area contributed by atoms with Crippen LogP contribution in [0, 0.1) is 6.92 Å². The Morgan fingerprint density at radius 1 is 0.912 bits per heavy atom. The van der Waals surface area contributed by atoms with Crippen molar-refractivity contribution in [1.29, 1.82) is 0 Å². The summed E-state index contributed by atoms with van der Waals surface area (Å²) in [6, 6.07) is 25.5. The molecule has 0 aromatic heterocycles. The molecule has 34 heavy (non-hydrogen) atoms. The third kappa shape index (κ3) is 5.80. The molecule has 1 amide bonds. The minimum atomic E-state index is -0.260. The first kappa shape index (κ1) is 23.5. The molecule has 2 N–H and O–H groups in total. The molecule has 0 heterocycles. The molecule has 5 nitrogen and oxygen atoms in total. The van der Waals surface area contributed by atoms with E-state index in [4.69, 9.17) is 21.1 Å². The number of ether oxygens (including phenoxy) is 2. The van der Waals surface area contributed by atoms with Gasteiger partial charge in [-0.15, -0.1) is 0 Å². The Labute approximate surface area is 204 Å². The predicted octanol–water partition coefficient (Wildman–Crippen LogP) is 6.83. The topological polar surface area (TPSA) is 59.6 Å². The number of amides is 1. The normalized spacial score (nSPS) is 10.7. The first-order chi connectivity index (χ1) is 16.5. The molecule has 0 saturated heterocycles. The van der Waals surface area contributed by atoms with Gasteiger partial charge in [0.2, 0.25) is 0 Å². The van der Waals surface area contributed by atoms with E-state index in [1.807, 2.05) is 68.4 Å². The van der Waals surface area contributed by atoms with Crippen LogP contribution in [0.3, 0.4) is 0 Å². The maximum atomic E-state index is 12.3. The maximum Gasteiger partial charge on any atom is 0.262 e. The van der Waals surface area contributed by atoms with E-state index in [0.29, 0.717) is 29.7 Å². The van der Waals surface area contributed by atoms with Crippen LogP contribution in [0.2, 0.25) is 5.02 Å². The van der Waals surface area contributed by atoms with Crippen molar-refractivity contribution in [1.82, 2.24) is 0 Å². The van der Waals surface area contributed by atoms with Crippen LogP contribution in [0.5, 0.6) is 11.5 Å². The quantitative estimate of drug-likeness (QED) is 0.279. The molecule has 0 aliphatic carbocycles. The van der Waals surface area contributed by atoms with Crippen LogP contribution >= 0.6 is 11.6 Å². The summed E-state index contributed by atoms with van der Waals surface area (Å²) >= 11 is 6.57. The molecular formula is C28H27ClN2O3. The number of benzene rings is 4. The number of fused-ring (bicyclic) bond motifs is 1. The van der Waals surface area contributed by atoms with Crippen molar-refractivity contribution < 1.29 is 14.3 Å². The molecule has 0 bridgehead atoms. The van der Waals surface area contributed by atoms with Crippen LogP contribution in [0.25, 0.3) is 10.8 Å². The van der Waals surface area contributed by atoms with E-state index in [1.165, 1.54) is 5.39 Å². The second-order valence-electron chi connectivity index (χ2n) is 7.91. The van der Waals surface area contributed by atoms with Gasteiger partial charge < -0.3 is 20.1 Å². The van der Waals surface area contributed by atoms with Crippen molar-refractivity contribution in [2.24, 2.45) is 0 Å². The van der Waals surface area contributed by atoms with Crippen LogP contribution in [0.15, 0.2) is 78.9 Å². The SMILES string of the molecule is CCOc1cc(CNc2cccc3ccccc23)c(Cl)cc1OCC(=O)Nc1ccc(C)cc1. The van der Waals surface area contributed by atoms with Crippen LogP contribution in [0.1, 0.15) is 18.1 Å². The summed E-state index contributed by atoms with van der Waals surface area (Å²) in [5.41, 5.74) is 3.74. The van der Waals surface area contributed by atoms with E-state index in [1.54, 1.807) is 6.07 Å². The van der Waals surface area contributed by atoms with Gasteiger partial charge in [-0.05, 0) is 49.1 Å². The van der Waals surface area contributed by atoms with Gasteiger partial charge in [-0.2, -0.15) is 0 Å². The first-order valence-corrected chi connectivity index (χ1v) is 11.6. The third-order valence-corrected chi connectivity index (χ3v) is 5.72. The molecule has 4 aromatic carbocycles. The summed E-state index contributed by atoms with van der Waals surface area (Å²) in [5.74, 6) is 0.716. The number of hydrogen-bond donors (Lipinski definition) is 2. The fourth-order valence-corrected chi connectivity index (χ4v) is 3.86. The Balaban J connectivity index is 1.45. The predicted molar refractivity (Wildman–Crippen MR) is 139 cm³/mol. The maximum absolute atomic E-state index is 12.3. The molecule has 4 aromatic rings. The summed E-state index contributed by atoms with van der Waals surface area (Å²) in [5, 5.41) is 9.14. The van der Waals surface area contributed by atoms with Gasteiger partial charge in [-0.25, -0.2) is 0 Å². The highest BCUT2D eigenvalue weighted by Gasteiger charge is 2.14. The summed E-state index contributed by atoms with van der Waals surface area (Å²) in [6.45, 7) is 4.72. The fourth-order valence-electron chi connectivity index (χ4n) is 3.64. The van der Waals surface area contributed by atoms with Crippen LogP contribution in [-0.4, -0.2) is 19.1 Å². The zero-order chi connectivity index (χ0) is 23.9. The highest BCUT2D eigenvalue weighted by atomic mass is 35.5. The molecule has 0 aliphatic heterocycles. The molecule has 0 aliphatic rings. The number of hydrogen-bond acceptors (Lipinski definition) is 4. The lowest BCUT2D eigenvalue weighted by Crippen LogP contribution is -2.20. The molecule has 0 fully saturated rings. The van der Waals surface area contributed by atoms with Crippen LogP contribution in [-0.2, 0) is 11.3 Å². The lowest BCUT2D eigenvalue weighted by Gasteiger charge is -2.16. The Morgan fingerprint density at radius 3 is 2.44 bits per heavy atom. The highest BCUT2D eigenvalue weighted by Crippen LogP contribution is 2.34. The molecule has 0 unspecified atom stereocenters. The van der Waals surface area contributed by atoms with Crippen molar-refractivity contribution in [2.45, 2.75) is 20.4 Å². The largest absolute Gasteiger partial charge is 0.490 e. The number of rotatable bonds is 9. The average Bonchev–Trinajstić information content (AvgIpc) is 2.84. The highest BCUT2D eigenvalue weighted by molar-refractivity contribution is 6.31. The Morgan fingerprint density at radius 2 is 1.65 bits per heavy atom. The molecule has 0 spiro atoms. The van der Waals surface area contributed by atoms with Crippen molar-refractivity contribution in [3.8, 4) is 11.5 Å². The van der Waals surface area contributed by atoms with Crippen LogP contribution < -0.4 is 20.1 Å². The summed E-state index contributed by atoms with van der Waals surface area (Å²) in [4.78, 5) is 12.3. The van der Waals surface area contributed by atoms with Gasteiger partial charge in [0.05, 0.1) is 6.61 Å². The molecular weight excluding hydrogens is 448 g/mol. The van der Waals surface area contributed by atoms with Crippen molar-refractivity contribution in [2.75, 3.05) is 23.8 Å². The van der Waals surface area contributed by atoms with Crippen LogP contribution in [0.4, 0.5) is 11.4 Å². The fraction of sp³-hybridized carbons (Fsp3) is 0.179. The monoisotopic (exact) mass is 474 g/mol. The molecule has 0 radical (unpaired) electrons. The van der Waals surface area contributed by atoms with E-state index in [2.05, 4.69) is 28.8 Å². The molecule has 0 saturated carbocycles. The number of anilines is 2. The summed E-state index contributed by atoms with van der Waals surface area (Å²) < 4.78 is 11.5. The third-order valence-electron chi connectivity index (χ3n) is 5.37. The van der Waals surface area contributed by atoms with Gasteiger partial charge >= 0.3 is 0 Å². The minimum Gasteiger partial charge on any atom is -0.490 e. The lowest BCUT2D eigenvalue weighted by molar-refractivity contribution is -0.118. The number of halogens is 1. The molecule has 4 rings (SSSR count). The number of carbonyl (C=O) groups excluding carboxylic acids is 1. The van der Waals surface area contributed by atoms with E-state index in [-0.39, 0.29) is 12.5 Å².